The van der Waals surface area contributed by atoms with E-state index < -0.39 is 0 Å². The van der Waals surface area contributed by atoms with Crippen molar-refractivity contribution in [3.63, 3.8) is 0 Å². The van der Waals surface area contributed by atoms with E-state index in [4.69, 9.17) is 0 Å². The standard InChI is InChI=1S/C17H26O/c1-13-7-5-8-14(2)11-12-17(16(4)18)15(3)10-6-9-13/h8-10,17H,5-7,11-12H2,1-4H3/t17-/m1/s1. The van der Waals surface area contributed by atoms with E-state index in [9.17, 15) is 4.79 Å². The molecule has 0 aromatic rings. The van der Waals surface area contributed by atoms with Gasteiger partial charge in [0, 0.05) is 5.92 Å². The number of ketones is 1. The third-order valence-corrected chi connectivity index (χ3v) is 3.81. The lowest BCUT2D eigenvalue weighted by Crippen LogP contribution is -2.12. The molecular weight excluding hydrogens is 220 g/mol. The molecule has 100 valence electrons. The number of allylic oxidation sites excluding steroid dienone is 6. The summed E-state index contributed by atoms with van der Waals surface area (Å²) in [5, 5.41) is 0. The molecule has 0 aromatic heterocycles. The van der Waals surface area contributed by atoms with Crippen LogP contribution in [0.1, 0.15) is 59.8 Å². The molecule has 0 N–H and O–H groups in total. The second kappa shape index (κ2) is 7.35. The summed E-state index contributed by atoms with van der Waals surface area (Å²) >= 11 is 0. The van der Waals surface area contributed by atoms with Gasteiger partial charge < -0.3 is 0 Å². The first kappa shape index (κ1) is 14.9. The Morgan fingerprint density at radius 2 is 1.72 bits per heavy atom. The topological polar surface area (TPSA) is 17.1 Å². The van der Waals surface area contributed by atoms with Crippen molar-refractivity contribution in [2.75, 3.05) is 0 Å². The van der Waals surface area contributed by atoms with Gasteiger partial charge in [-0.1, -0.05) is 34.9 Å². The molecule has 0 saturated heterocycles. The van der Waals surface area contributed by atoms with Gasteiger partial charge in [-0.05, 0) is 59.8 Å². The Bertz CT molecular complexity index is 382. The predicted octanol–water partition coefficient (Wildman–Crippen LogP) is 4.99. The Morgan fingerprint density at radius 1 is 1.06 bits per heavy atom. The molecule has 0 bridgehead atoms. The number of carbonyl (C=O) groups is 1. The van der Waals surface area contributed by atoms with Crippen LogP contribution >= 0.6 is 0 Å². The van der Waals surface area contributed by atoms with Crippen LogP contribution in [-0.2, 0) is 4.79 Å². The Hall–Kier alpha value is -1.11. The third-order valence-electron chi connectivity index (χ3n) is 3.81. The minimum Gasteiger partial charge on any atom is -0.299 e. The lowest BCUT2D eigenvalue weighted by molar-refractivity contribution is -0.119. The highest BCUT2D eigenvalue weighted by atomic mass is 16.1. The predicted molar refractivity (Wildman–Crippen MR) is 78.5 cm³/mol. The first-order valence-corrected chi connectivity index (χ1v) is 6.99. The van der Waals surface area contributed by atoms with Crippen LogP contribution in [0.3, 0.4) is 0 Å². The zero-order chi connectivity index (χ0) is 13.5. The van der Waals surface area contributed by atoms with Crippen LogP contribution in [-0.4, -0.2) is 5.78 Å². The Morgan fingerprint density at radius 3 is 2.39 bits per heavy atom. The highest BCUT2D eigenvalue weighted by molar-refractivity contribution is 5.81. The molecule has 0 radical (unpaired) electrons. The van der Waals surface area contributed by atoms with Crippen LogP contribution in [0, 0.1) is 5.92 Å². The summed E-state index contributed by atoms with van der Waals surface area (Å²) in [6.07, 6.45) is 12.1. The summed E-state index contributed by atoms with van der Waals surface area (Å²) in [4.78, 5) is 11.7. The van der Waals surface area contributed by atoms with Gasteiger partial charge in [0.15, 0.2) is 0 Å². The SMILES string of the molecule is CC(=O)[C@@H]1CCC(C)=CCCC(C)=CCC=C1C. The molecule has 1 aliphatic carbocycles. The molecule has 0 heterocycles. The molecule has 0 amide bonds. The Kier molecular flexibility index (Phi) is 6.11. The molecule has 0 spiro atoms. The number of rotatable bonds is 1. The fourth-order valence-corrected chi connectivity index (χ4v) is 2.46. The average Bonchev–Trinajstić information content (AvgIpc) is 2.27. The van der Waals surface area contributed by atoms with Crippen molar-refractivity contribution in [2.24, 2.45) is 5.92 Å². The summed E-state index contributed by atoms with van der Waals surface area (Å²) in [5.41, 5.74) is 4.10. The molecular formula is C17H26O. The first-order chi connectivity index (χ1) is 8.50. The largest absolute Gasteiger partial charge is 0.299 e. The summed E-state index contributed by atoms with van der Waals surface area (Å²) in [7, 11) is 0. The van der Waals surface area contributed by atoms with Crippen LogP contribution < -0.4 is 0 Å². The second-order valence-electron chi connectivity index (χ2n) is 5.53. The number of Topliss-reactive ketones (excluding diaryl/α,β-unsaturated/α-hetero) is 1. The van der Waals surface area contributed by atoms with Gasteiger partial charge >= 0.3 is 0 Å². The zero-order valence-corrected chi connectivity index (χ0v) is 12.3. The van der Waals surface area contributed by atoms with Crippen LogP contribution in [0.5, 0.6) is 0 Å². The summed E-state index contributed by atoms with van der Waals surface area (Å²) < 4.78 is 0. The smallest absolute Gasteiger partial charge is 0.136 e. The molecule has 1 aliphatic rings. The highest BCUT2D eigenvalue weighted by Gasteiger charge is 2.15. The second-order valence-corrected chi connectivity index (χ2v) is 5.53. The molecule has 0 aromatic carbocycles. The van der Waals surface area contributed by atoms with Crippen molar-refractivity contribution in [1.29, 1.82) is 0 Å². The number of hydrogen-bond acceptors (Lipinski definition) is 1. The van der Waals surface area contributed by atoms with E-state index in [0.29, 0.717) is 5.78 Å². The summed E-state index contributed by atoms with van der Waals surface area (Å²) in [6, 6.07) is 0. The van der Waals surface area contributed by atoms with Gasteiger partial charge in [0.1, 0.15) is 5.78 Å². The quantitative estimate of drug-likeness (QED) is 0.595. The van der Waals surface area contributed by atoms with Crippen molar-refractivity contribution >= 4 is 5.78 Å². The molecule has 0 saturated carbocycles. The van der Waals surface area contributed by atoms with E-state index in [1.807, 2.05) is 0 Å². The van der Waals surface area contributed by atoms with Gasteiger partial charge in [-0.15, -0.1) is 0 Å². The van der Waals surface area contributed by atoms with Crippen molar-refractivity contribution in [3.8, 4) is 0 Å². The summed E-state index contributed by atoms with van der Waals surface area (Å²) in [6.45, 7) is 8.19. The van der Waals surface area contributed by atoms with Crippen molar-refractivity contribution in [1.82, 2.24) is 0 Å². The normalized spacial score (nSPS) is 23.1. The molecule has 0 aliphatic heterocycles. The van der Waals surface area contributed by atoms with E-state index >= 15 is 0 Å². The van der Waals surface area contributed by atoms with Gasteiger partial charge in [0.25, 0.3) is 0 Å². The van der Waals surface area contributed by atoms with Gasteiger partial charge in [-0.3, -0.25) is 4.79 Å². The van der Waals surface area contributed by atoms with Gasteiger partial charge in [-0.25, -0.2) is 0 Å². The van der Waals surface area contributed by atoms with E-state index in [2.05, 4.69) is 39.0 Å². The molecule has 0 unspecified atom stereocenters. The minimum atomic E-state index is 0.112. The van der Waals surface area contributed by atoms with E-state index in [1.165, 1.54) is 16.7 Å². The maximum atomic E-state index is 11.7. The number of hydrogen-bond donors (Lipinski definition) is 0. The van der Waals surface area contributed by atoms with Crippen molar-refractivity contribution in [2.45, 2.75) is 59.8 Å². The van der Waals surface area contributed by atoms with Crippen LogP contribution in [0.15, 0.2) is 34.9 Å². The average molecular weight is 246 g/mol. The van der Waals surface area contributed by atoms with Gasteiger partial charge in [0.2, 0.25) is 0 Å². The Balaban J connectivity index is 2.89. The minimum absolute atomic E-state index is 0.112. The highest BCUT2D eigenvalue weighted by Crippen LogP contribution is 2.23. The fraction of sp³-hybridized carbons (Fsp3) is 0.588. The molecule has 1 rings (SSSR count). The third kappa shape index (κ3) is 5.03. The molecule has 1 atom stereocenters. The van der Waals surface area contributed by atoms with Crippen LogP contribution in [0.2, 0.25) is 0 Å². The van der Waals surface area contributed by atoms with E-state index in [1.54, 1.807) is 6.92 Å². The molecule has 1 heteroatoms. The van der Waals surface area contributed by atoms with Crippen molar-refractivity contribution in [3.05, 3.63) is 34.9 Å². The van der Waals surface area contributed by atoms with E-state index in [-0.39, 0.29) is 5.92 Å². The van der Waals surface area contributed by atoms with Gasteiger partial charge in [0.05, 0.1) is 0 Å². The van der Waals surface area contributed by atoms with Crippen LogP contribution in [0.25, 0.3) is 0 Å². The van der Waals surface area contributed by atoms with Gasteiger partial charge in [-0.2, -0.15) is 0 Å². The number of carbonyl (C=O) groups excluding carboxylic acids is 1. The lowest BCUT2D eigenvalue weighted by atomic mass is 9.89. The molecule has 18 heavy (non-hydrogen) atoms. The molecule has 0 fully saturated rings. The zero-order valence-electron chi connectivity index (χ0n) is 12.3. The lowest BCUT2D eigenvalue weighted by Gasteiger charge is -2.15. The maximum Gasteiger partial charge on any atom is 0.136 e. The Labute approximate surface area is 112 Å². The first-order valence-electron chi connectivity index (χ1n) is 6.99. The maximum absolute atomic E-state index is 11.7. The monoisotopic (exact) mass is 246 g/mol. The van der Waals surface area contributed by atoms with Crippen LogP contribution in [0.4, 0.5) is 0 Å². The fourth-order valence-electron chi connectivity index (χ4n) is 2.46. The van der Waals surface area contributed by atoms with E-state index in [0.717, 1.165) is 32.1 Å². The van der Waals surface area contributed by atoms with Crippen molar-refractivity contribution < 1.29 is 4.79 Å². The summed E-state index contributed by atoms with van der Waals surface area (Å²) in [5.74, 6) is 0.413. The molecule has 1 nitrogen and oxygen atoms in total.